The Morgan fingerprint density at radius 1 is 0.189 bits per heavy atom. The van der Waals surface area contributed by atoms with Gasteiger partial charge in [-0.05, 0) is 151 Å². The van der Waals surface area contributed by atoms with Gasteiger partial charge in [0.25, 0.3) is 0 Å². The summed E-state index contributed by atoms with van der Waals surface area (Å²) in [5, 5.41) is 24.5. The Bertz CT molecular complexity index is 6520. The number of benzene rings is 17. The lowest BCUT2D eigenvalue weighted by molar-refractivity contribution is 0.669. The maximum Gasteiger partial charge on any atom is 0.160 e. The van der Waals surface area contributed by atoms with Gasteiger partial charge in [-0.25, -0.2) is 19.9 Å². The summed E-state index contributed by atoms with van der Waals surface area (Å²) in [6.07, 6.45) is 0. The third-order valence-electron chi connectivity index (χ3n) is 19.3. The summed E-state index contributed by atoms with van der Waals surface area (Å²) in [7, 11) is 0. The summed E-state index contributed by atoms with van der Waals surface area (Å²) in [5.74, 6) is 1.43. The number of hydrogen-bond donors (Lipinski definition) is 0. The van der Waals surface area contributed by atoms with Gasteiger partial charge in [0.1, 0.15) is 11.2 Å². The molecular formula is C90H54N4O. The van der Waals surface area contributed by atoms with E-state index in [9.17, 15) is 0 Å². The Morgan fingerprint density at radius 2 is 0.611 bits per heavy atom. The molecule has 0 aliphatic heterocycles. The Labute approximate surface area is 546 Å². The molecule has 5 nitrogen and oxygen atoms in total. The number of hydrogen-bond acceptors (Lipinski definition) is 5. The van der Waals surface area contributed by atoms with Crippen LogP contribution in [0.3, 0.4) is 0 Å². The standard InChI is InChI=1S/C48H28N2O.C42H26N2/c1-2-11-31(12-3-1)48-49-42-28-32(23-27-39(42)47(50-48)41-17-9-19-44-46(41)40-14-6-7-18-43(40)51-44)34-15-8-16-37-36(34)25-22-30-21-24-35-33-13-5-4-10-29(33)20-26-38(35)45(30)37;1-3-10-29(11-4-1)41-38-24-19-32(26-39(38)43-42(44-41)30-12-5-2-6-13-30)31-18-21-34-33(25-31)20-23-37-36(34)22-17-28-16-15-27-9-7-8-14-35(27)40(28)37/h1-28H;1-26H. The lowest BCUT2D eigenvalue weighted by Crippen LogP contribution is -1.96. The van der Waals surface area contributed by atoms with Crippen LogP contribution in [0.15, 0.2) is 332 Å². The van der Waals surface area contributed by atoms with Crippen molar-refractivity contribution >= 4 is 130 Å². The van der Waals surface area contributed by atoms with Crippen molar-refractivity contribution < 1.29 is 4.42 Å². The van der Waals surface area contributed by atoms with Crippen LogP contribution in [0, 0.1) is 0 Å². The number of fused-ring (bicyclic) bond motifs is 19. The molecule has 0 unspecified atom stereocenters. The second-order valence-electron chi connectivity index (χ2n) is 24.7. The predicted molar refractivity (Wildman–Crippen MR) is 399 cm³/mol. The quantitative estimate of drug-likeness (QED) is 0.155. The minimum Gasteiger partial charge on any atom is -0.456 e. The lowest BCUT2D eigenvalue weighted by atomic mass is 9.90. The average molecular weight is 1210 g/mol. The molecule has 0 radical (unpaired) electrons. The summed E-state index contributed by atoms with van der Waals surface area (Å²) in [6, 6.07) is 117. The third kappa shape index (κ3) is 9.08. The molecule has 0 saturated carbocycles. The van der Waals surface area contributed by atoms with Gasteiger partial charge in [-0.1, -0.05) is 285 Å². The number of para-hydroxylation sites is 1. The number of furan rings is 1. The number of aromatic nitrogens is 4. The SMILES string of the molecule is c1ccc(-c2nc(-c3cccc4oc5ccccc5c34)c3ccc(-c4cccc5c4ccc4ccc6c7ccccc7ccc6c45)cc3n2)cc1.c1ccc(-c2nc(-c3ccccc3)c3ccc(-c4ccc5c(ccc6c5ccc5ccc7ccccc7c56)c4)cc3n2)cc1. The van der Waals surface area contributed by atoms with Crippen LogP contribution in [0.2, 0.25) is 0 Å². The summed E-state index contributed by atoms with van der Waals surface area (Å²) >= 11 is 0. The first-order valence-electron chi connectivity index (χ1n) is 32.3. The largest absolute Gasteiger partial charge is 0.456 e. The van der Waals surface area contributed by atoms with Crippen molar-refractivity contribution in [2.75, 3.05) is 0 Å². The van der Waals surface area contributed by atoms with Crippen LogP contribution in [-0.4, -0.2) is 19.9 Å². The van der Waals surface area contributed by atoms with E-state index in [1.54, 1.807) is 0 Å². The maximum absolute atomic E-state index is 6.29. The fourth-order valence-corrected chi connectivity index (χ4v) is 14.8. The van der Waals surface area contributed by atoms with Gasteiger partial charge < -0.3 is 4.42 Å². The van der Waals surface area contributed by atoms with Gasteiger partial charge in [-0.15, -0.1) is 0 Å². The average Bonchev–Trinajstić information content (AvgIpc) is 1.29. The molecule has 0 aliphatic rings. The predicted octanol–water partition coefficient (Wildman–Crippen LogP) is 24.4. The van der Waals surface area contributed by atoms with Crippen LogP contribution in [0.4, 0.5) is 0 Å². The molecule has 0 amide bonds. The molecule has 0 atom stereocenters. The van der Waals surface area contributed by atoms with Gasteiger partial charge in [0.15, 0.2) is 11.6 Å². The zero-order valence-corrected chi connectivity index (χ0v) is 51.4. The van der Waals surface area contributed by atoms with E-state index in [1.165, 1.54) is 97.3 Å². The van der Waals surface area contributed by atoms with Gasteiger partial charge in [0.2, 0.25) is 0 Å². The van der Waals surface area contributed by atoms with Crippen molar-refractivity contribution in [1.82, 2.24) is 19.9 Å². The molecule has 95 heavy (non-hydrogen) atoms. The number of rotatable bonds is 6. The smallest absolute Gasteiger partial charge is 0.160 e. The van der Waals surface area contributed by atoms with Crippen molar-refractivity contribution in [2.24, 2.45) is 0 Å². The molecule has 5 heteroatoms. The van der Waals surface area contributed by atoms with E-state index < -0.39 is 0 Å². The van der Waals surface area contributed by atoms with Crippen LogP contribution >= 0.6 is 0 Å². The third-order valence-corrected chi connectivity index (χ3v) is 19.3. The molecule has 440 valence electrons. The first-order valence-corrected chi connectivity index (χ1v) is 32.3. The molecule has 0 aliphatic carbocycles. The van der Waals surface area contributed by atoms with Gasteiger partial charge in [-0.3, -0.25) is 0 Å². The lowest BCUT2D eigenvalue weighted by Gasteiger charge is -2.14. The molecule has 3 aromatic heterocycles. The molecule has 20 rings (SSSR count). The van der Waals surface area contributed by atoms with E-state index in [2.05, 4.69) is 267 Å². The normalized spacial score (nSPS) is 11.8. The zero-order chi connectivity index (χ0) is 62.5. The molecule has 0 fully saturated rings. The molecule has 3 heterocycles. The molecule has 0 bridgehead atoms. The first kappa shape index (κ1) is 54.1. The molecule has 17 aromatic carbocycles. The van der Waals surface area contributed by atoms with E-state index >= 15 is 0 Å². The van der Waals surface area contributed by atoms with E-state index in [0.29, 0.717) is 5.82 Å². The highest BCUT2D eigenvalue weighted by molar-refractivity contribution is 6.27. The van der Waals surface area contributed by atoms with Crippen molar-refractivity contribution in [3.63, 3.8) is 0 Å². The summed E-state index contributed by atoms with van der Waals surface area (Å²) in [4.78, 5) is 20.6. The fraction of sp³-hybridized carbons (Fsp3) is 0. The van der Waals surface area contributed by atoms with Crippen molar-refractivity contribution in [3.8, 4) is 67.5 Å². The van der Waals surface area contributed by atoms with Crippen LogP contribution in [0.1, 0.15) is 0 Å². The minimum absolute atomic E-state index is 0.697. The van der Waals surface area contributed by atoms with Crippen molar-refractivity contribution in [3.05, 3.63) is 328 Å². The van der Waals surface area contributed by atoms with Crippen LogP contribution in [0.5, 0.6) is 0 Å². The second kappa shape index (κ2) is 22.0. The molecule has 0 N–H and O–H groups in total. The Morgan fingerprint density at radius 3 is 1.32 bits per heavy atom. The highest BCUT2D eigenvalue weighted by atomic mass is 16.3. The minimum atomic E-state index is 0.697. The Kier molecular flexibility index (Phi) is 12.5. The summed E-state index contributed by atoms with van der Waals surface area (Å²) in [5.41, 5.74) is 14.1. The van der Waals surface area contributed by atoms with E-state index in [1.807, 2.05) is 60.7 Å². The molecular weight excluding hydrogens is 1150 g/mol. The monoisotopic (exact) mass is 1210 g/mol. The highest BCUT2D eigenvalue weighted by Crippen LogP contribution is 2.44. The van der Waals surface area contributed by atoms with Gasteiger partial charge in [-0.2, -0.15) is 0 Å². The Balaban J connectivity index is 0.000000136. The zero-order valence-electron chi connectivity index (χ0n) is 51.4. The van der Waals surface area contributed by atoms with E-state index in [-0.39, 0.29) is 0 Å². The summed E-state index contributed by atoms with van der Waals surface area (Å²) in [6.45, 7) is 0. The maximum atomic E-state index is 6.29. The van der Waals surface area contributed by atoms with Crippen LogP contribution in [0.25, 0.3) is 197 Å². The van der Waals surface area contributed by atoms with Gasteiger partial charge >= 0.3 is 0 Å². The summed E-state index contributed by atoms with van der Waals surface area (Å²) < 4.78 is 6.29. The van der Waals surface area contributed by atoms with E-state index in [0.717, 1.165) is 94.3 Å². The number of nitrogens with zero attached hydrogens (tertiary/aromatic N) is 4. The highest BCUT2D eigenvalue weighted by Gasteiger charge is 2.21. The fourth-order valence-electron chi connectivity index (χ4n) is 14.8. The first-order chi connectivity index (χ1) is 47.1. The Hall–Kier alpha value is -12.7. The topological polar surface area (TPSA) is 64.7 Å². The second-order valence-corrected chi connectivity index (χ2v) is 24.7. The molecule has 20 aromatic rings. The van der Waals surface area contributed by atoms with E-state index in [4.69, 9.17) is 24.4 Å². The van der Waals surface area contributed by atoms with Gasteiger partial charge in [0, 0.05) is 43.8 Å². The van der Waals surface area contributed by atoms with Crippen molar-refractivity contribution in [1.29, 1.82) is 0 Å². The van der Waals surface area contributed by atoms with Crippen molar-refractivity contribution in [2.45, 2.75) is 0 Å². The van der Waals surface area contributed by atoms with Gasteiger partial charge in [0.05, 0.1) is 22.4 Å². The molecule has 0 spiro atoms. The van der Waals surface area contributed by atoms with Crippen LogP contribution in [-0.2, 0) is 0 Å². The molecule has 0 saturated heterocycles. The van der Waals surface area contributed by atoms with Crippen LogP contribution < -0.4 is 0 Å².